The van der Waals surface area contributed by atoms with Crippen molar-refractivity contribution >= 4 is 27.2 Å². The third-order valence-corrected chi connectivity index (χ3v) is 0.644. The van der Waals surface area contributed by atoms with Crippen LogP contribution in [0.3, 0.4) is 0 Å². The second-order valence-electron chi connectivity index (χ2n) is 1.78. The number of carbonyl (C=O) groups is 3. The molecule has 8 heteroatoms. The SMILES string of the molecule is C=O.O=CCCCC=O.O=P(O)(O)O. The molecule has 0 aliphatic heterocycles. The van der Waals surface area contributed by atoms with Gasteiger partial charge < -0.3 is 29.1 Å². The van der Waals surface area contributed by atoms with Crippen LogP contribution < -0.4 is 0 Å². The van der Waals surface area contributed by atoms with E-state index in [2.05, 4.69) is 0 Å². The third-order valence-electron chi connectivity index (χ3n) is 0.644. The van der Waals surface area contributed by atoms with Crippen LogP contribution in [0.5, 0.6) is 0 Å². The van der Waals surface area contributed by atoms with Gasteiger partial charge in [-0.25, -0.2) is 4.57 Å². The van der Waals surface area contributed by atoms with Gasteiger partial charge in [0.1, 0.15) is 19.4 Å². The van der Waals surface area contributed by atoms with Gasteiger partial charge in [0, 0.05) is 12.8 Å². The van der Waals surface area contributed by atoms with E-state index in [1.165, 1.54) is 0 Å². The highest BCUT2D eigenvalue weighted by Crippen LogP contribution is 2.25. The van der Waals surface area contributed by atoms with Gasteiger partial charge in [-0.2, -0.15) is 0 Å². The number of rotatable bonds is 4. The largest absolute Gasteiger partial charge is 0.466 e. The quantitative estimate of drug-likeness (QED) is 0.334. The maximum absolute atomic E-state index is 9.56. The molecule has 84 valence electrons. The van der Waals surface area contributed by atoms with Crippen molar-refractivity contribution in [2.24, 2.45) is 0 Å². The van der Waals surface area contributed by atoms with Crippen molar-refractivity contribution < 1.29 is 33.6 Å². The van der Waals surface area contributed by atoms with Crippen LogP contribution in [-0.2, 0) is 18.9 Å². The molecule has 7 nitrogen and oxygen atoms in total. The van der Waals surface area contributed by atoms with Gasteiger partial charge in [0.15, 0.2) is 0 Å². The summed E-state index contributed by atoms with van der Waals surface area (Å²) in [5.41, 5.74) is 0. The summed E-state index contributed by atoms with van der Waals surface area (Å²) in [4.78, 5) is 48.7. The Morgan fingerprint density at radius 1 is 1.00 bits per heavy atom. The Morgan fingerprint density at radius 3 is 1.36 bits per heavy atom. The number of hydrogen-bond donors (Lipinski definition) is 3. The van der Waals surface area contributed by atoms with Gasteiger partial charge in [-0.1, -0.05) is 0 Å². The van der Waals surface area contributed by atoms with Gasteiger partial charge in [0.25, 0.3) is 0 Å². The van der Waals surface area contributed by atoms with Crippen molar-refractivity contribution in [1.29, 1.82) is 0 Å². The Morgan fingerprint density at radius 2 is 1.21 bits per heavy atom. The lowest BCUT2D eigenvalue weighted by Crippen LogP contribution is -1.76. The minimum Gasteiger partial charge on any atom is -0.307 e. The number of carbonyl (C=O) groups excluding carboxylic acids is 3. The molecule has 0 fully saturated rings. The Labute approximate surface area is 81.0 Å². The first kappa shape index (κ1) is 18.8. The van der Waals surface area contributed by atoms with Gasteiger partial charge in [0.05, 0.1) is 0 Å². The minimum absolute atomic E-state index is 0.513. The van der Waals surface area contributed by atoms with Gasteiger partial charge in [0.2, 0.25) is 0 Å². The van der Waals surface area contributed by atoms with Gasteiger partial charge >= 0.3 is 7.82 Å². The van der Waals surface area contributed by atoms with E-state index < -0.39 is 7.82 Å². The Hall–Kier alpha value is -0.880. The molecular weight excluding hydrogens is 215 g/mol. The minimum atomic E-state index is -4.64. The van der Waals surface area contributed by atoms with E-state index in [1.807, 2.05) is 6.79 Å². The molecule has 0 aromatic rings. The van der Waals surface area contributed by atoms with Crippen LogP contribution >= 0.6 is 7.82 Å². The van der Waals surface area contributed by atoms with Crippen molar-refractivity contribution in [2.75, 3.05) is 0 Å². The molecule has 3 N–H and O–H groups in total. The van der Waals surface area contributed by atoms with E-state index in [0.29, 0.717) is 19.3 Å². The molecule has 0 heterocycles. The average Bonchev–Trinajstić information content (AvgIpc) is 2.06. The zero-order valence-corrected chi connectivity index (χ0v) is 8.30. The second-order valence-corrected chi connectivity index (χ2v) is 2.80. The van der Waals surface area contributed by atoms with E-state index in [9.17, 15) is 9.59 Å². The summed E-state index contributed by atoms with van der Waals surface area (Å²) in [6.45, 7) is 2.00. The lowest BCUT2D eigenvalue weighted by molar-refractivity contribution is -0.109. The first-order valence-electron chi connectivity index (χ1n) is 3.36. The molecule has 0 aliphatic carbocycles. The van der Waals surface area contributed by atoms with Crippen LogP contribution in [0, 0.1) is 0 Å². The van der Waals surface area contributed by atoms with Crippen LogP contribution in [0.1, 0.15) is 19.3 Å². The van der Waals surface area contributed by atoms with E-state index in [1.54, 1.807) is 0 Å². The summed E-state index contributed by atoms with van der Waals surface area (Å²) in [5.74, 6) is 0. The van der Waals surface area contributed by atoms with Crippen molar-refractivity contribution in [2.45, 2.75) is 19.3 Å². The molecule has 0 rings (SSSR count). The summed E-state index contributed by atoms with van der Waals surface area (Å²) in [7, 11) is -4.64. The molecule has 0 atom stereocenters. The predicted octanol–water partition coefficient (Wildman–Crippen LogP) is -0.559. The fourth-order valence-electron chi connectivity index (χ4n) is 0.285. The normalized spacial score (nSPS) is 8.50. The van der Waals surface area contributed by atoms with Crippen molar-refractivity contribution in [1.82, 2.24) is 0 Å². The number of unbranched alkanes of at least 4 members (excludes halogenated alkanes) is 2. The fourth-order valence-corrected chi connectivity index (χ4v) is 0.285. The smallest absolute Gasteiger partial charge is 0.307 e. The molecular formula is C6H13O7P. The zero-order valence-electron chi connectivity index (χ0n) is 7.40. The van der Waals surface area contributed by atoms with Crippen LogP contribution in [0.4, 0.5) is 0 Å². The molecule has 0 aromatic heterocycles. The first-order chi connectivity index (χ1) is 6.41. The molecule has 0 unspecified atom stereocenters. The summed E-state index contributed by atoms with van der Waals surface area (Å²) in [5, 5.41) is 0. The zero-order chi connectivity index (χ0) is 12.0. The molecule has 0 bridgehead atoms. The van der Waals surface area contributed by atoms with Crippen molar-refractivity contribution in [3.8, 4) is 0 Å². The van der Waals surface area contributed by atoms with Gasteiger partial charge in [-0.3, -0.25) is 0 Å². The van der Waals surface area contributed by atoms with Gasteiger partial charge in [-0.15, -0.1) is 0 Å². The number of aldehydes is 2. The average molecular weight is 228 g/mol. The highest BCUT2D eigenvalue weighted by atomic mass is 31.2. The van der Waals surface area contributed by atoms with Crippen LogP contribution in [-0.4, -0.2) is 34.0 Å². The van der Waals surface area contributed by atoms with E-state index in [0.717, 1.165) is 12.6 Å². The monoisotopic (exact) mass is 228 g/mol. The van der Waals surface area contributed by atoms with Crippen LogP contribution in [0.25, 0.3) is 0 Å². The molecule has 0 aromatic carbocycles. The topological polar surface area (TPSA) is 129 Å². The van der Waals surface area contributed by atoms with E-state index in [4.69, 9.17) is 24.0 Å². The Balaban J connectivity index is -0.000000152. The number of phosphoric acid groups is 1. The second kappa shape index (κ2) is 14.6. The Kier molecular flexibility index (Phi) is 19.7. The number of hydrogen-bond acceptors (Lipinski definition) is 4. The predicted molar refractivity (Wildman–Crippen MR) is 47.4 cm³/mol. The summed E-state index contributed by atoms with van der Waals surface area (Å²) in [6, 6.07) is 0. The molecule has 0 aliphatic rings. The maximum atomic E-state index is 9.56. The lowest BCUT2D eigenvalue weighted by atomic mass is 10.3. The molecule has 14 heavy (non-hydrogen) atoms. The maximum Gasteiger partial charge on any atom is 0.466 e. The standard InChI is InChI=1S/C5H8O2.CH2O.H3O4P/c6-4-2-1-3-5-7;1-2;1-5(2,3)4/h4-5H,1-3H2;1H2;(H3,1,2,3,4). The van der Waals surface area contributed by atoms with Crippen molar-refractivity contribution in [3.05, 3.63) is 0 Å². The molecule has 0 radical (unpaired) electrons. The van der Waals surface area contributed by atoms with Crippen LogP contribution in [0.15, 0.2) is 0 Å². The van der Waals surface area contributed by atoms with Crippen molar-refractivity contribution in [3.63, 3.8) is 0 Å². The lowest BCUT2D eigenvalue weighted by Gasteiger charge is -1.82. The fraction of sp³-hybridized carbons (Fsp3) is 0.500. The summed E-state index contributed by atoms with van der Waals surface area (Å²) < 4.78 is 8.88. The molecule has 0 amide bonds. The van der Waals surface area contributed by atoms with Gasteiger partial charge in [-0.05, 0) is 6.42 Å². The third kappa shape index (κ3) is 117. The summed E-state index contributed by atoms with van der Waals surface area (Å²) >= 11 is 0. The van der Waals surface area contributed by atoms with E-state index in [-0.39, 0.29) is 0 Å². The Bertz CT molecular complexity index is 159. The van der Waals surface area contributed by atoms with Crippen LogP contribution in [0.2, 0.25) is 0 Å². The molecule has 0 saturated heterocycles. The summed E-state index contributed by atoms with van der Waals surface area (Å²) in [6.07, 6.45) is 3.37. The molecule has 0 saturated carbocycles. The first-order valence-corrected chi connectivity index (χ1v) is 4.92. The highest BCUT2D eigenvalue weighted by molar-refractivity contribution is 7.45. The molecule has 0 spiro atoms. The van der Waals surface area contributed by atoms with E-state index >= 15 is 0 Å². The highest BCUT2D eigenvalue weighted by Gasteiger charge is 2.00.